The van der Waals surface area contributed by atoms with Crippen LogP contribution in [0.25, 0.3) is 10.9 Å². The maximum Gasteiger partial charge on any atom is 0.311 e. The molecule has 28 heavy (non-hydrogen) atoms. The standard InChI is InChI=1S/C23H27N3O2/c27-22-12-16-11-19(20-13-23(16,28-22)21-7-3-4-10-26(20)21)24-9-8-15-14-25-18-6-2-1-5-17(15)18/h1-2,5-6,11,14,19-21,24-25H,3-4,7-10,12-13H2. The van der Waals surface area contributed by atoms with Gasteiger partial charge in [-0.25, -0.2) is 0 Å². The second kappa shape index (κ2) is 6.19. The maximum absolute atomic E-state index is 12.2. The van der Waals surface area contributed by atoms with Crippen LogP contribution in [0.5, 0.6) is 0 Å². The van der Waals surface area contributed by atoms with E-state index in [4.69, 9.17) is 4.74 Å². The van der Waals surface area contributed by atoms with Crippen LogP contribution in [-0.2, 0) is 16.0 Å². The van der Waals surface area contributed by atoms with Crippen LogP contribution in [0.2, 0.25) is 0 Å². The molecule has 2 N–H and O–H groups in total. The van der Waals surface area contributed by atoms with E-state index in [1.807, 2.05) is 0 Å². The Kier molecular flexibility index (Phi) is 3.72. The first-order valence-corrected chi connectivity index (χ1v) is 10.7. The van der Waals surface area contributed by atoms with Crippen LogP contribution in [0.3, 0.4) is 0 Å². The van der Waals surface area contributed by atoms with Crippen molar-refractivity contribution in [2.24, 2.45) is 0 Å². The number of para-hydroxylation sites is 1. The molecule has 4 aliphatic rings. The average Bonchev–Trinajstić information content (AvgIpc) is 3.36. The van der Waals surface area contributed by atoms with Gasteiger partial charge >= 0.3 is 5.97 Å². The van der Waals surface area contributed by atoms with Gasteiger partial charge in [0.05, 0.1) is 12.5 Å². The van der Waals surface area contributed by atoms with E-state index in [0.717, 1.165) is 32.4 Å². The Hall–Kier alpha value is -2.11. The molecule has 4 atom stereocenters. The van der Waals surface area contributed by atoms with Crippen molar-refractivity contribution < 1.29 is 9.53 Å². The van der Waals surface area contributed by atoms with Gasteiger partial charge in [0.25, 0.3) is 0 Å². The highest BCUT2D eigenvalue weighted by Gasteiger charge is 2.63. The molecule has 3 fully saturated rings. The van der Waals surface area contributed by atoms with Crippen LogP contribution >= 0.6 is 0 Å². The number of hydrogen-bond donors (Lipinski definition) is 2. The number of esters is 1. The summed E-state index contributed by atoms with van der Waals surface area (Å²) in [5.41, 5.74) is 3.50. The highest BCUT2D eigenvalue weighted by molar-refractivity contribution is 5.83. The average molecular weight is 377 g/mol. The van der Waals surface area contributed by atoms with Crippen molar-refractivity contribution in [3.05, 3.63) is 47.7 Å². The lowest BCUT2D eigenvalue weighted by molar-refractivity contribution is -0.149. The number of carbonyl (C=O) groups is 1. The monoisotopic (exact) mass is 377 g/mol. The Morgan fingerprint density at radius 2 is 2.21 bits per heavy atom. The van der Waals surface area contributed by atoms with E-state index in [-0.39, 0.29) is 11.6 Å². The number of H-pyrrole nitrogens is 1. The molecule has 4 unspecified atom stereocenters. The van der Waals surface area contributed by atoms with Crippen molar-refractivity contribution in [1.82, 2.24) is 15.2 Å². The topological polar surface area (TPSA) is 57.4 Å². The molecule has 0 saturated carbocycles. The summed E-state index contributed by atoms with van der Waals surface area (Å²) in [6.07, 6.45) is 10.6. The van der Waals surface area contributed by atoms with Crippen LogP contribution < -0.4 is 5.32 Å². The zero-order valence-electron chi connectivity index (χ0n) is 16.1. The fraction of sp³-hybridized carbons (Fsp3) is 0.522. The maximum atomic E-state index is 12.2. The second-order valence-corrected chi connectivity index (χ2v) is 8.84. The van der Waals surface area contributed by atoms with Crippen LogP contribution in [0.4, 0.5) is 0 Å². The number of aromatic nitrogens is 1. The van der Waals surface area contributed by atoms with E-state index in [9.17, 15) is 4.79 Å². The molecule has 6 rings (SSSR count). The SMILES string of the molecule is O=C1CC2=CC(NCCc3c[nH]c4ccccc34)C3CC2(O1)C1CCCCN31. The third-order valence-electron chi connectivity index (χ3n) is 7.44. The van der Waals surface area contributed by atoms with E-state index >= 15 is 0 Å². The Balaban J connectivity index is 1.22. The molecule has 1 spiro atoms. The molecule has 2 bridgehead atoms. The number of benzene rings is 1. The predicted octanol–water partition coefficient (Wildman–Crippen LogP) is 2.92. The molecule has 1 aromatic carbocycles. The first-order chi connectivity index (χ1) is 13.7. The number of fused-ring (bicyclic) bond motifs is 4. The molecule has 2 aromatic rings. The Labute approximate surface area is 165 Å². The summed E-state index contributed by atoms with van der Waals surface area (Å²) in [5.74, 6) is -0.0307. The molecule has 4 heterocycles. The summed E-state index contributed by atoms with van der Waals surface area (Å²) >= 11 is 0. The smallest absolute Gasteiger partial charge is 0.311 e. The van der Waals surface area contributed by atoms with E-state index in [1.54, 1.807) is 0 Å². The van der Waals surface area contributed by atoms with Gasteiger partial charge in [0.1, 0.15) is 0 Å². The summed E-state index contributed by atoms with van der Waals surface area (Å²) in [4.78, 5) is 18.2. The largest absolute Gasteiger partial charge is 0.453 e. The molecule has 0 radical (unpaired) electrons. The number of hydrogen-bond acceptors (Lipinski definition) is 4. The van der Waals surface area contributed by atoms with Gasteiger partial charge in [-0.1, -0.05) is 30.7 Å². The van der Waals surface area contributed by atoms with Crippen LogP contribution in [0, 0.1) is 0 Å². The second-order valence-electron chi connectivity index (χ2n) is 8.84. The highest BCUT2D eigenvalue weighted by Crippen LogP contribution is 2.53. The number of rotatable bonds is 4. The van der Waals surface area contributed by atoms with Crippen LogP contribution in [0.15, 0.2) is 42.1 Å². The van der Waals surface area contributed by atoms with Gasteiger partial charge < -0.3 is 15.0 Å². The van der Waals surface area contributed by atoms with Crippen molar-refractivity contribution in [2.75, 3.05) is 13.1 Å². The summed E-state index contributed by atoms with van der Waals surface area (Å²) < 4.78 is 5.99. The number of piperidine rings is 1. The predicted molar refractivity (Wildman–Crippen MR) is 108 cm³/mol. The summed E-state index contributed by atoms with van der Waals surface area (Å²) in [6.45, 7) is 2.07. The molecule has 0 amide bonds. The Morgan fingerprint density at radius 3 is 3.18 bits per heavy atom. The van der Waals surface area contributed by atoms with E-state index < -0.39 is 0 Å². The molecule has 146 valence electrons. The Morgan fingerprint density at radius 1 is 1.29 bits per heavy atom. The third kappa shape index (κ3) is 2.36. The molecule has 3 saturated heterocycles. The van der Waals surface area contributed by atoms with Gasteiger partial charge in [-0.3, -0.25) is 9.69 Å². The first-order valence-electron chi connectivity index (χ1n) is 10.7. The first kappa shape index (κ1) is 16.8. The molecule has 5 nitrogen and oxygen atoms in total. The summed E-state index contributed by atoms with van der Waals surface area (Å²) in [6, 6.07) is 9.64. The van der Waals surface area contributed by atoms with Gasteiger partial charge in [-0.2, -0.15) is 0 Å². The molecular formula is C23H27N3O2. The lowest BCUT2D eigenvalue weighted by Crippen LogP contribution is -2.50. The van der Waals surface area contributed by atoms with E-state index in [0.29, 0.717) is 24.5 Å². The van der Waals surface area contributed by atoms with Gasteiger partial charge in [0.2, 0.25) is 0 Å². The Bertz CT molecular complexity index is 964. The minimum Gasteiger partial charge on any atom is -0.453 e. The van der Waals surface area contributed by atoms with Gasteiger partial charge in [0, 0.05) is 35.6 Å². The number of ether oxygens (including phenoxy) is 1. The van der Waals surface area contributed by atoms with Crippen molar-refractivity contribution in [2.45, 2.75) is 62.3 Å². The quantitative estimate of drug-likeness (QED) is 0.635. The number of nitrogens with one attached hydrogen (secondary N) is 2. The zero-order chi connectivity index (χ0) is 18.7. The number of nitrogens with zero attached hydrogens (tertiary/aromatic N) is 1. The van der Waals surface area contributed by atoms with Crippen molar-refractivity contribution >= 4 is 16.9 Å². The lowest BCUT2D eigenvalue weighted by atomic mass is 9.78. The zero-order valence-corrected chi connectivity index (χ0v) is 16.1. The van der Waals surface area contributed by atoms with E-state index in [2.05, 4.69) is 51.7 Å². The van der Waals surface area contributed by atoms with Crippen molar-refractivity contribution in [1.29, 1.82) is 0 Å². The molecule has 5 heteroatoms. The van der Waals surface area contributed by atoms with Crippen LogP contribution in [0.1, 0.15) is 37.7 Å². The van der Waals surface area contributed by atoms with Gasteiger partial charge in [0.15, 0.2) is 5.60 Å². The molecule has 1 aromatic heterocycles. The minimum absolute atomic E-state index is 0.0307. The van der Waals surface area contributed by atoms with Crippen molar-refractivity contribution in [3.8, 4) is 0 Å². The number of carbonyl (C=O) groups excluding carboxylic acids is 1. The van der Waals surface area contributed by atoms with Crippen LogP contribution in [-0.4, -0.2) is 52.7 Å². The highest BCUT2D eigenvalue weighted by atomic mass is 16.6. The molecular weight excluding hydrogens is 350 g/mol. The fourth-order valence-electron chi connectivity index (χ4n) is 6.25. The summed E-state index contributed by atoms with van der Waals surface area (Å²) in [7, 11) is 0. The van der Waals surface area contributed by atoms with E-state index in [1.165, 1.54) is 34.9 Å². The number of aromatic amines is 1. The normalized spacial score (nSPS) is 34.2. The fourth-order valence-corrected chi connectivity index (χ4v) is 6.25. The minimum atomic E-state index is -0.308. The molecule has 3 aliphatic heterocycles. The van der Waals surface area contributed by atoms with Gasteiger partial charge in [-0.05, 0) is 49.6 Å². The lowest BCUT2D eigenvalue weighted by Gasteiger charge is -2.37. The summed E-state index contributed by atoms with van der Waals surface area (Å²) in [5, 5.41) is 5.13. The van der Waals surface area contributed by atoms with Gasteiger partial charge in [-0.15, -0.1) is 0 Å². The molecule has 1 aliphatic carbocycles. The van der Waals surface area contributed by atoms with Crippen molar-refractivity contribution in [3.63, 3.8) is 0 Å². The third-order valence-corrected chi connectivity index (χ3v) is 7.44.